The van der Waals surface area contributed by atoms with Crippen molar-refractivity contribution >= 4 is 28.6 Å². The lowest BCUT2D eigenvalue weighted by molar-refractivity contribution is 0.0685. The number of H-pyrrole nitrogens is 1. The Labute approximate surface area is 169 Å². The van der Waals surface area contributed by atoms with Crippen molar-refractivity contribution in [1.29, 1.82) is 0 Å². The summed E-state index contributed by atoms with van der Waals surface area (Å²) in [6.07, 6.45) is 0. The van der Waals surface area contributed by atoms with Gasteiger partial charge in [-0.3, -0.25) is 9.59 Å². The number of aromatic amines is 1. The van der Waals surface area contributed by atoms with Gasteiger partial charge in [0.25, 0.3) is 11.5 Å². The average Bonchev–Trinajstić information content (AvgIpc) is 2.65. The Balaban J connectivity index is 1.85. The first-order valence-electron chi connectivity index (χ1n) is 9.40. The molecule has 1 N–H and O–H groups in total. The quantitative estimate of drug-likeness (QED) is 0.625. The molecule has 0 fully saturated rings. The molecule has 1 heterocycles. The maximum atomic E-state index is 13.1. The fourth-order valence-electron chi connectivity index (χ4n) is 2.97. The predicted molar refractivity (Wildman–Crippen MR) is 115 cm³/mol. The summed E-state index contributed by atoms with van der Waals surface area (Å²) in [6.45, 7) is 8.45. The van der Waals surface area contributed by atoms with Crippen LogP contribution in [0.25, 0.3) is 10.9 Å². The van der Waals surface area contributed by atoms with E-state index in [-0.39, 0.29) is 24.1 Å². The van der Waals surface area contributed by atoms with Crippen molar-refractivity contribution in [2.75, 3.05) is 0 Å². The van der Waals surface area contributed by atoms with Gasteiger partial charge in [0.2, 0.25) is 0 Å². The Kier molecular flexibility index (Phi) is 6.19. The molecule has 0 atom stereocenters. The van der Waals surface area contributed by atoms with E-state index in [0.29, 0.717) is 27.5 Å². The molecule has 28 heavy (non-hydrogen) atoms. The molecular formula is C22H25N3O2S. The van der Waals surface area contributed by atoms with E-state index in [1.54, 1.807) is 28.8 Å². The molecule has 0 aliphatic rings. The number of benzene rings is 2. The van der Waals surface area contributed by atoms with E-state index in [1.165, 1.54) is 0 Å². The van der Waals surface area contributed by atoms with Crippen LogP contribution in [0.2, 0.25) is 0 Å². The fourth-order valence-corrected chi connectivity index (χ4v) is 3.81. The number of carbonyl (C=O) groups is 1. The van der Waals surface area contributed by atoms with Crippen molar-refractivity contribution in [2.45, 2.75) is 50.4 Å². The van der Waals surface area contributed by atoms with E-state index in [9.17, 15) is 9.59 Å². The number of thioether (sulfide) groups is 1. The highest BCUT2D eigenvalue weighted by Crippen LogP contribution is 2.23. The number of hydrogen-bond donors (Lipinski definition) is 1. The third kappa shape index (κ3) is 4.62. The molecule has 1 aromatic heterocycles. The summed E-state index contributed by atoms with van der Waals surface area (Å²) in [5, 5.41) is 1.04. The van der Waals surface area contributed by atoms with Gasteiger partial charge in [0.1, 0.15) is 5.82 Å². The number of nitrogens with one attached hydrogen (secondary N) is 1. The molecule has 3 aromatic rings. The number of nitrogens with zero attached hydrogens (tertiary/aromatic N) is 2. The zero-order valence-corrected chi connectivity index (χ0v) is 17.4. The van der Waals surface area contributed by atoms with E-state index < -0.39 is 0 Å². The van der Waals surface area contributed by atoms with Gasteiger partial charge in [-0.15, -0.1) is 11.8 Å². The van der Waals surface area contributed by atoms with E-state index >= 15 is 0 Å². The highest BCUT2D eigenvalue weighted by Gasteiger charge is 2.20. The van der Waals surface area contributed by atoms with Crippen LogP contribution >= 0.6 is 11.8 Å². The topological polar surface area (TPSA) is 66.1 Å². The first kappa shape index (κ1) is 20.1. The molecule has 5 nitrogen and oxygen atoms in total. The number of hydrogen-bond acceptors (Lipinski definition) is 4. The number of fused-ring (bicyclic) bond motifs is 1. The summed E-state index contributed by atoms with van der Waals surface area (Å²) in [5.41, 5.74) is 1.07. The van der Waals surface area contributed by atoms with E-state index in [2.05, 4.69) is 23.8 Å². The minimum Gasteiger partial charge on any atom is -0.329 e. The zero-order chi connectivity index (χ0) is 20.3. The van der Waals surface area contributed by atoms with Crippen LogP contribution in [0.3, 0.4) is 0 Å². The normalized spacial score (nSPS) is 11.4. The van der Waals surface area contributed by atoms with Crippen LogP contribution in [0.5, 0.6) is 0 Å². The van der Waals surface area contributed by atoms with Crippen LogP contribution in [-0.4, -0.2) is 32.1 Å². The molecular weight excluding hydrogens is 370 g/mol. The van der Waals surface area contributed by atoms with Gasteiger partial charge >= 0.3 is 0 Å². The molecule has 0 bridgehead atoms. The third-order valence-electron chi connectivity index (χ3n) is 4.34. The van der Waals surface area contributed by atoms with Gasteiger partial charge in [0.05, 0.1) is 17.4 Å². The lowest BCUT2D eigenvalue weighted by Crippen LogP contribution is -2.37. The molecule has 0 spiro atoms. The standard InChI is InChI=1S/C22H25N3O2S/c1-14(2)25(22(27)16-9-11-17(12-10-16)28-15(3)4)13-20-23-19-8-6-5-7-18(19)21(26)24-20/h5-12,14-15H,13H2,1-4H3,(H,23,24,26). The van der Waals surface area contributed by atoms with Crippen molar-refractivity contribution < 1.29 is 4.79 Å². The second kappa shape index (κ2) is 8.61. The summed E-state index contributed by atoms with van der Waals surface area (Å²) < 4.78 is 0. The van der Waals surface area contributed by atoms with Crippen LogP contribution in [0.15, 0.2) is 58.2 Å². The van der Waals surface area contributed by atoms with Gasteiger partial charge in [-0.25, -0.2) is 4.98 Å². The number of carbonyl (C=O) groups excluding carboxylic acids is 1. The molecule has 3 rings (SSSR count). The van der Waals surface area contributed by atoms with Crippen molar-refractivity contribution in [3.8, 4) is 0 Å². The van der Waals surface area contributed by atoms with E-state index in [4.69, 9.17) is 0 Å². The summed E-state index contributed by atoms with van der Waals surface area (Å²) in [6, 6.07) is 14.9. The van der Waals surface area contributed by atoms with Crippen molar-refractivity contribution in [2.24, 2.45) is 0 Å². The first-order valence-corrected chi connectivity index (χ1v) is 10.3. The number of amides is 1. The van der Waals surface area contributed by atoms with Crippen LogP contribution in [0.1, 0.15) is 43.9 Å². The SMILES string of the molecule is CC(C)Sc1ccc(C(=O)N(Cc2nc3ccccc3c(=O)[nH]2)C(C)C)cc1. The molecule has 146 valence electrons. The van der Waals surface area contributed by atoms with Crippen molar-refractivity contribution in [3.63, 3.8) is 0 Å². The van der Waals surface area contributed by atoms with Gasteiger partial charge in [-0.2, -0.15) is 0 Å². The van der Waals surface area contributed by atoms with Crippen LogP contribution < -0.4 is 5.56 Å². The lowest BCUT2D eigenvalue weighted by Gasteiger charge is -2.26. The lowest BCUT2D eigenvalue weighted by atomic mass is 10.1. The van der Waals surface area contributed by atoms with Crippen LogP contribution in [0.4, 0.5) is 0 Å². The van der Waals surface area contributed by atoms with Crippen LogP contribution in [0, 0.1) is 0 Å². The highest BCUT2D eigenvalue weighted by atomic mass is 32.2. The Hall–Kier alpha value is -2.60. The van der Waals surface area contributed by atoms with Crippen molar-refractivity contribution in [3.05, 3.63) is 70.3 Å². The van der Waals surface area contributed by atoms with Crippen LogP contribution in [-0.2, 0) is 6.54 Å². The summed E-state index contributed by atoms with van der Waals surface area (Å²) in [5.74, 6) is 0.407. The average molecular weight is 396 g/mol. The summed E-state index contributed by atoms with van der Waals surface area (Å²) >= 11 is 1.76. The van der Waals surface area contributed by atoms with Gasteiger partial charge in [-0.1, -0.05) is 26.0 Å². The van der Waals surface area contributed by atoms with Gasteiger partial charge in [-0.05, 0) is 50.2 Å². The first-order chi connectivity index (χ1) is 13.3. The molecule has 6 heteroatoms. The van der Waals surface area contributed by atoms with Crippen molar-refractivity contribution in [1.82, 2.24) is 14.9 Å². The number of aromatic nitrogens is 2. The molecule has 0 radical (unpaired) electrons. The number of rotatable bonds is 6. The fraction of sp³-hybridized carbons (Fsp3) is 0.318. The molecule has 2 aromatic carbocycles. The second-order valence-corrected chi connectivity index (χ2v) is 8.90. The monoisotopic (exact) mass is 395 g/mol. The second-order valence-electron chi connectivity index (χ2n) is 7.25. The minimum atomic E-state index is -0.188. The van der Waals surface area contributed by atoms with E-state index in [0.717, 1.165) is 4.90 Å². The Bertz CT molecular complexity index is 1030. The third-order valence-corrected chi connectivity index (χ3v) is 5.36. The number of para-hydroxylation sites is 1. The molecule has 0 unspecified atom stereocenters. The van der Waals surface area contributed by atoms with Gasteiger partial charge < -0.3 is 9.88 Å². The minimum absolute atomic E-state index is 0.0333. The highest BCUT2D eigenvalue weighted by molar-refractivity contribution is 7.99. The Morgan fingerprint density at radius 1 is 1.07 bits per heavy atom. The molecule has 0 aliphatic carbocycles. The molecule has 1 amide bonds. The molecule has 0 saturated carbocycles. The summed E-state index contributed by atoms with van der Waals surface area (Å²) in [4.78, 5) is 35.6. The Morgan fingerprint density at radius 2 is 1.75 bits per heavy atom. The smallest absolute Gasteiger partial charge is 0.258 e. The molecule has 0 aliphatic heterocycles. The maximum Gasteiger partial charge on any atom is 0.258 e. The van der Waals surface area contributed by atoms with Gasteiger partial charge in [0.15, 0.2) is 0 Å². The Morgan fingerprint density at radius 3 is 2.39 bits per heavy atom. The largest absolute Gasteiger partial charge is 0.329 e. The molecule has 0 saturated heterocycles. The van der Waals surface area contributed by atoms with E-state index in [1.807, 2.05) is 50.2 Å². The zero-order valence-electron chi connectivity index (χ0n) is 16.6. The summed E-state index contributed by atoms with van der Waals surface area (Å²) in [7, 11) is 0. The van der Waals surface area contributed by atoms with Gasteiger partial charge in [0, 0.05) is 21.8 Å². The maximum absolute atomic E-state index is 13.1. The predicted octanol–water partition coefficient (Wildman–Crippen LogP) is 4.47.